The number of amides is 1. The highest BCUT2D eigenvalue weighted by atomic mass is 16.8. The Labute approximate surface area is 231 Å². The lowest BCUT2D eigenvalue weighted by atomic mass is 9.65. The van der Waals surface area contributed by atoms with Crippen LogP contribution in [-0.2, 0) is 26.2 Å². The number of aromatic hydroxyl groups is 1. The normalized spacial score (nSPS) is 18.5. The number of rotatable bonds is 5. The number of carbonyl (C=O) groups is 2. The lowest BCUT2D eigenvalue weighted by Gasteiger charge is -2.35. The van der Waals surface area contributed by atoms with Crippen molar-refractivity contribution in [3.63, 3.8) is 0 Å². The van der Waals surface area contributed by atoms with Crippen molar-refractivity contribution in [2.75, 3.05) is 6.54 Å². The summed E-state index contributed by atoms with van der Waals surface area (Å²) in [4.78, 5) is 32.9. The van der Waals surface area contributed by atoms with Crippen LogP contribution in [0.2, 0.25) is 0 Å². The van der Waals surface area contributed by atoms with E-state index in [-0.39, 0.29) is 17.7 Å². The summed E-state index contributed by atoms with van der Waals surface area (Å²) in [6.07, 6.45) is -0.356. The minimum atomic E-state index is -1.15. The van der Waals surface area contributed by atoms with Crippen LogP contribution in [0.4, 0.5) is 4.79 Å². The van der Waals surface area contributed by atoms with Crippen LogP contribution in [0, 0.1) is 12.3 Å². The van der Waals surface area contributed by atoms with Gasteiger partial charge in [0.15, 0.2) is 0 Å². The number of nitrogens with zero attached hydrogens (tertiary/aromatic N) is 1. The van der Waals surface area contributed by atoms with Gasteiger partial charge in [-0.25, -0.2) is 9.59 Å². The maximum Gasteiger partial charge on any atom is 0.443 e. The molecule has 39 heavy (non-hydrogen) atoms. The minimum absolute atomic E-state index is 0.0139. The number of hydrogen-bond acceptors (Lipinski definition) is 5. The van der Waals surface area contributed by atoms with Gasteiger partial charge in [0.2, 0.25) is 0 Å². The van der Waals surface area contributed by atoms with Crippen LogP contribution in [0.1, 0.15) is 75.3 Å². The van der Waals surface area contributed by atoms with Crippen molar-refractivity contribution in [2.45, 2.75) is 71.8 Å². The van der Waals surface area contributed by atoms with E-state index in [9.17, 15) is 14.7 Å². The first-order valence-electron chi connectivity index (χ1n) is 13.4. The number of benzene rings is 3. The maximum absolute atomic E-state index is 14.1. The number of phenols is 1. The average molecular weight is 530 g/mol. The molecule has 1 amide bonds. The zero-order chi connectivity index (χ0) is 28.6. The van der Waals surface area contributed by atoms with E-state index in [1.54, 1.807) is 20.8 Å². The fraction of sp³-hybridized carbons (Fsp3) is 0.394. The van der Waals surface area contributed by atoms with Gasteiger partial charge in [-0.2, -0.15) is 0 Å². The van der Waals surface area contributed by atoms with E-state index in [1.165, 1.54) is 0 Å². The summed E-state index contributed by atoms with van der Waals surface area (Å²) in [5.74, 6) is -0.715. The number of aryl methyl sites for hydroxylation is 1. The van der Waals surface area contributed by atoms with Gasteiger partial charge in [0.25, 0.3) is 0 Å². The molecule has 1 aliphatic rings. The molecule has 0 unspecified atom stereocenters. The Balaban J connectivity index is 1.95. The smallest absolute Gasteiger partial charge is 0.443 e. The topological polar surface area (TPSA) is 76.1 Å². The Morgan fingerprint density at radius 3 is 2.13 bits per heavy atom. The molecule has 1 heterocycles. The molecule has 1 aliphatic heterocycles. The molecule has 6 nitrogen and oxygen atoms in total. The predicted octanol–water partition coefficient (Wildman–Crippen LogP) is 7.07. The summed E-state index contributed by atoms with van der Waals surface area (Å²) in [6, 6.07) is 23.5. The first-order valence-corrected chi connectivity index (χ1v) is 13.4. The molecule has 6 heteroatoms. The standard InChI is InChI=1S/C33H39NO5/c1-22-18-25(19-26(28(22)35)31(2,3)4)27(24-16-12-9-13-17-24)33(20-23-14-10-8-11-15-23)21-34(39-29(33)36)30(37)38-32(5,6)7/h8-19,27,35H,20-21H2,1-7H3/t27-,33+/m0/s1. The summed E-state index contributed by atoms with van der Waals surface area (Å²) < 4.78 is 5.58. The largest absolute Gasteiger partial charge is 0.507 e. The second-order valence-electron chi connectivity index (χ2n) is 12.5. The Kier molecular flexibility index (Phi) is 7.53. The van der Waals surface area contributed by atoms with Crippen LogP contribution in [-0.4, -0.2) is 34.4 Å². The van der Waals surface area contributed by atoms with E-state index in [1.807, 2.05) is 79.7 Å². The molecule has 0 aliphatic carbocycles. The third-order valence-electron chi connectivity index (χ3n) is 7.13. The zero-order valence-corrected chi connectivity index (χ0v) is 23.9. The van der Waals surface area contributed by atoms with E-state index in [4.69, 9.17) is 9.57 Å². The fourth-order valence-corrected chi connectivity index (χ4v) is 5.38. The molecule has 0 spiro atoms. The number of phenolic OH excluding ortho intramolecular Hbond substituents is 1. The minimum Gasteiger partial charge on any atom is -0.507 e. The molecule has 0 aromatic heterocycles. The van der Waals surface area contributed by atoms with Gasteiger partial charge in [0.1, 0.15) is 16.8 Å². The van der Waals surface area contributed by atoms with E-state index in [0.29, 0.717) is 6.42 Å². The van der Waals surface area contributed by atoms with Crippen LogP contribution in [0.25, 0.3) is 0 Å². The van der Waals surface area contributed by atoms with Crippen molar-refractivity contribution in [1.29, 1.82) is 0 Å². The van der Waals surface area contributed by atoms with Crippen molar-refractivity contribution in [1.82, 2.24) is 5.06 Å². The van der Waals surface area contributed by atoms with E-state index in [2.05, 4.69) is 20.8 Å². The van der Waals surface area contributed by atoms with Crippen molar-refractivity contribution in [3.8, 4) is 5.75 Å². The van der Waals surface area contributed by atoms with Crippen LogP contribution < -0.4 is 0 Å². The second-order valence-corrected chi connectivity index (χ2v) is 12.5. The highest BCUT2D eigenvalue weighted by Crippen LogP contribution is 2.50. The van der Waals surface area contributed by atoms with Gasteiger partial charge >= 0.3 is 12.1 Å². The van der Waals surface area contributed by atoms with Gasteiger partial charge in [0.05, 0.1) is 6.54 Å². The van der Waals surface area contributed by atoms with Crippen LogP contribution in [0.5, 0.6) is 5.75 Å². The van der Waals surface area contributed by atoms with Crippen molar-refractivity contribution >= 4 is 12.1 Å². The van der Waals surface area contributed by atoms with Gasteiger partial charge < -0.3 is 14.7 Å². The second kappa shape index (κ2) is 10.4. The van der Waals surface area contributed by atoms with Gasteiger partial charge in [-0.1, -0.05) is 93.6 Å². The van der Waals surface area contributed by atoms with Crippen LogP contribution >= 0.6 is 0 Å². The molecule has 4 rings (SSSR count). The maximum atomic E-state index is 14.1. The molecule has 206 valence electrons. The Morgan fingerprint density at radius 2 is 1.56 bits per heavy atom. The lowest BCUT2D eigenvalue weighted by molar-refractivity contribution is -0.169. The number of hydrogen-bond donors (Lipinski definition) is 1. The van der Waals surface area contributed by atoms with E-state index < -0.39 is 29.0 Å². The summed E-state index contributed by atoms with van der Waals surface area (Å²) in [5, 5.41) is 12.0. The van der Waals surface area contributed by atoms with Crippen LogP contribution in [0.3, 0.4) is 0 Å². The van der Waals surface area contributed by atoms with Gasteiger partial charge in [0, 0.05) is 5.92 Å². The molecule has 1 N–H and O–H groups in total. The summed E-state index contributed by atoms with van der Waals surface area (Å²) in [5.41, 5.74) is 2.03. The summed E-state index contributed by atoms with van der Waals surface area (Å²) >= 11 is 0. The van der Waals surface area contributed by atoms with Crippen LogP contribution in [0.15, 0.2) is 72.8 Å². The molecule has 3 aromatic rings. The highest BCUT2D eigenvalue weighted by molar-refractivity contribution is 5.85. The summed E-state index contributed by atoms with van der Waals surface area (Å²) in [7, 11) is 0. The van der Waals surface area contributed by atoms with E-state index in [0.717, 1.165) is 32.9 Å². The fourth-order valence-electron chi connectivity index (χ4n) is 5.38. The monoisotopic (exact) mass is 529 g/mol. The molecular weight excluding hydrogens is 490 g/mol. The van der Waals surface area contributed by atoms with Gasteiger partial charge in [-0.15, -0.1) is 5.06 Å². The molecular formula is C33H39NO5. The predicted molar refractivity (Wildman–Crippen MR) is 151 cm³/mol. The summed E-state index contributed by atoms with van der Waals surface area (Å²) in [6.45, 7) is 13.4. The van der Waals surface area contributed by atoms with Crippen molar-refractivity contribution in [2.24, 2.45) is 5.41 Å². The Bertz CT molecular complexity index is 1340. The third-order valence-corrected chi connectivity index (χ3v) is 7.13. The highest BCUT2D eigenvalue weighted by Gasteiger charge is 2.57. The van der Waals surface area contributed by atoms with Crippen molar-refractivity contribution < 1.29 is 24.3 Å². The molecule has 1 fully saturated rings. The lowest BCUT2D eigenvalue weighted by Crippen LogP contribution is -2.42. The van der Waals surface area contributed by atoms with Crippen molar-refractivity contribution in [3.05, 3.63) is 101 Å². The first-order chi connectivity index (χ1) is 18.2. The van der Waals surface area contributed by atoms with Gasteiger partial charge in [-0.05, 0) is 67.3 Å². The zero-order valence-electron chi connectivity index (χ0n) is 23.9. The third kappa shape index (κ3) is 5.95. The molecule has 0 radical (unpaired) electrons. The van der Waals surface area contributed by atoms with E-state index >= 15 is 0 Å². The molecule has 0 bridgehead atoms. The molecule has 2 atom stereocenters. The van der Waals surface area contributed by atoms with Gasteiger partial charge in [-0.3, -0.25) is 0 Å². The molecule has 0 saturated carbocycles. The number of hydroxylamine groups is 2. The first kappa shape index (κ1) is 28.2. The number of ether oxygens (including phenoxy) is 1. The Morgan fingerprint density at radius 1 is 0.974 bits per heavy atom. The average Bonchev–Trinajstić information content (AvgIpc) is 3.17. The molecule has 1 saturated heterocycles. The SMILES string of the molecule is Cc1cc([C@H](c2ccccc2)[C@@]2(Cc3ccccc3)CN(C(=O)OC(C)(C)C)OC2=O)cc(C(C)(C)C)c1O. The molecule has 3 aromatic carbocycles. The Hall–Kier alpha value is -3.80. The quantitative estimate of drug-likeness (QED) is 0.383. The number of carbonyl (C=O) groups excluding carboxylic acids is 2.